The minimum Gasteiger partial charge on any atom is -0.493 e. The molecule has 1 aromatic carbocycles. The van der Waals surface area contributed by atoms with E-state index in [4.69, 9.17) is 9.47 Å². The molecule has 1 rings (SSSR count). The molecule has 1 aromatic rings. The van der Waals surface area contributed by atoms with Crippen LogP contribution in [0.25, 0.3) is 0 Å². The molecule has 0 aromatic heterocycles. The van der Waals surface area contributed by atoms with Gasteiger partial charge in [-0.2, -0.15) is 0 Å². The molecular formula is C16H27NO2. The molecule has 0 saturated heterocycles. The number of rotatable bonds is 9. The van der Waals surface area contributed by atoms with Crippen molar-refractivity contribution in [3.63, 3.8) is 0 Å². The third kappa shape index (κ3) is 5.97. The molecule has 0 atom stereocenters. The highest BCUT2D eigenvalue weighted by molar-refractivity contribution is 5.42. The van der Waals surface area contributed by atoms with Gasteiger partial charge in [-0.1, -0.05) is 26.8 Å². The van der Waals surface area contributed by atoms with Crippen molar-refractivity contribution >= 4 is 0 Å². The summed E-state index contributed by atoms with van der Waals surface area (Å²) >= 11 is 0. The Morgan fingerprint density at radius 2 is 2.00 bits per heavy atom. The van der Waals surface area contributed by atoms with Crippen LogP contribution in [-0.2, 0) is 6.54 Å². The minimum atomic E-state index is 0.727. The fourth-order valence-electron chi connectivity index (χ4n) is 1.89. The molecule has 0 fully saturated rings. The van der Waals surface area contributed by atoms with Crippen molar-refractivity contribution in [1.29, 1.82) is 0 Å². The number of hydrogen-bond donors (Lipinski definition) is 1. The van der Waals surface area contributed by atoms with Gasteiger partial charge in [-0.15, -0.1) is 0 Å². The van der Waals surface area contributed by atoms with Gasteiger partial charge in [-0.25, -0.2) is 0 Å². The van der Waals surface area contributed by atoms with E-state index in [-0.39, 0.29) is 0 Å². The number of ether oxygens (including phenoxy) is 2. The zero-order valence-corrected chi connectivity index (χ0v) is 12.7. The maximum absolute atomic E-state index is 5.85. The number of hydrogen-bond acceptors (Lipinski definition) is 3. The Morgan fingerprint density at radius 3 is 2.63 bits per heavy atom. The second-order valence-electron chi connectivity index (χ2n) is 5.15. The van der Waals surface area contributed by atoms with Gasteiger partial charge in [0.05, 0.1) is 13.7 Å². The molecule has 0 spiro atoms. The average Bonchev–Trinajstić information content (AvgIpc) is 2.41. The van der Waals surface area contributed by atoms with Gasteiger partial charge in [0.15, 0.2) is 11.5 Å². The van der Waals surface area contributed by atoms with Crippen LogP contribution in [0.15, 0.2) is 18.2 Å². The van der Waals surface area contributed by atoms with Crippen LogP contribution < -0.4 is 14.8 Å². The van der Waals surface area contributed by atoms with E-state index in [9.17, 15) is 0 Å². The highest BCUT2D eigenvalue weighted by atomic mass is 16.5. The van der Waals surface area contributed by atoms with E-state index >= 15 is 0 Å². The monoisotopic (exact) mass is 265 g/mol. The Kier molecular flexibility index (Phi) is 7.34. The predicted molar refractivity (Wildman–Crippen MR) is 79.9 cm³/mol. The van der Waals surface area contributed by atoms with Gasteiger partial charge in [0.1, 0.15) is 0 Å². The molecule has 19 heavy (non-hydrogen) atoms. The third-order valence-corrected chi connectivity index (χ3v) is 2.99. The summed E-state index contributed by atoms with van der Waals surface area (Å²) < 4.78 is 11.2. The maximum atomic E-state index is 5.85. The summed E-state index contributed by atoms with van der Waals surface area (Å²) in [4.78, 5) is 0. The zero-order chi connectivity index (χ0) is 14.1. The molecule has 0 radical (unpaired) electrons. The van der Waals surface area contributed by atoms with E-state index in [0.29, 0.717) is 0 Å². The first-order valence-electron chi connectivity index (χ1n) is 7.17. The second-order valence-corrected chi connectivity index (χ2v) is 5.15. The molecule has 0 aliphatic rings. The normalized spacial score (nSPS) is 10.8. The molecular weight excluding hydrogens is 238 g/mol. The van der Waals surface area contributed by atoms with Crippen LogP contribution in [0.4, 0.5) is 0 Å². The average molecular weight is 265 g/mol. The van der Waals surface area contributed by atoms with Crippen molar-refractivity contribution in [2.75, 3.05) is 20.3 Å². The van der Waals surface area contributed by atoms with Crippen molar-refractivity contribution in [2.24, 2.45) is 5.92 Å². The van der Waals surface area contributed by atoms with Crippen LogP contribution in [0.1, 0.15) is 39.2 Å². The lowest BCUT2D eigenvalue weighted by Gasteiger charge is -2.13. The Hall–Kier alpha value is -1.22. The molecule has 0 amide bonds. The molecule has 108 valence electrons. The molecule has 3 nitrogen and oxygen atoms in total. The Bertz CT molecular complexity index is 364. The summed E-state index contributed by atoms with van der Waals surface area (Å²) in [6, 6.07) is 6.11. The molecule has 0 bridgehead atoms. The van der Waals surface area contributed by atoms with Crippen LogP contribution in [-0.4, -0.2) is 20.3 Å². The van der Waals surface area contributed by atoms with Crippen LogP contribution in [0, 0.1) is 5.92 Å². The molecule has 0 heterocycles. The highest BCUT2D eigenvalue weighted by Crippen LogP contribution is 2.28. The van der Waals surface area contributed by atoms with Gasteiger partial charge in [0, 0.05) is 6.54 Å². The first kappa shape index (κ1) is 15.8. The maximum Gasteiger partial charge on any atom is 0.161 e. The van der Waals surface area contributed by atoms with Crippen LogP contribution in [0.5, 0.6) is 11.5 Å². The molecule has 3 heteroatoms. The lowest BCUT2D eigenvalue weighted by Crippen LogP contribution is -2.12. The minimum absolute atomic E-state index is 0.727. The van der Waals surface area contributed by atoms with E-state index in [0.717, 1.165) is 43.5 Å². The van der Waals surface area contributed by atoms with E-state index in [1.807, 2.05) is 6.07 Å². The summed E-state index contributed by atoms with van der Waals surface area (Å²) in [7, 11) is 1.68. The van der Waals surface area contributed by atoms with Gasteiger partial charge in [-0.05, 0) is 43.0 Å². The van der Waals surface area contributed by atoms with Crippen molar-refractivity contribution in [2.45, 2.75) is 40.2 Å². The molecule has 0 unspecified atom stereocenters. The third-order valence-electron chi connectivity index (χ3n) is 2.99. The first-order chi connectivity index (χ1) is 9.17. The summed E-state index contributed by atoms with van der Waals surface area (Å²) in [5, 5.41) is 3.32. The molecule has 0 aliphatic heterocycles. The SMILES string of the molecule is CCNCc1ccc(OC)c(OCCCC(C)C)c1. The number of methoxy groups -OCH3 is 1. The summed E-state index contributed by atoms with van der Waals surface area (Å²) in [6.07, 6.45) is 2.28. The standard InChI is InChI=1S/C16H27NO2/c1-5-17-12-14-8-9-15(18-4)16(11-14)19-10-6-7-13(2)3/h8-9,11,13,17H,5-7,10,12H2,1-4H3. The van der Waals surface area contributed by atoms with E-state index in [1.165, 1.54) is 12.0 Å². The van der Waals surface area contributed by atoms with Gasteiger partial charge in [0.25, 0.3) is 0 Å². The molecule has 0 aliphatic carbocycles. The Morgan fingerprint density at radius 1 is 1.21 bits per heavy atom. The predicted octanol–water partition coefficient (Wildman–Crippen LogP) is 3.62. The van der Waals surface area contributed by atoms with Gasteiger partial charge in [0.2, 0.25) is 0 Å². The van der Waals surface area contributed by atoms with Gasteiger partial charge >= 0.3 is 0 Å². The Balaban J connectivity index is 2.57. The van der Waals surface area contributed by atoms with Crippen LogP contribution in [0.3, 0.4) is 0 Å². The van der Waals surface area contributed by atoms with Crippen molar-refractivity contribution in [3.8, 4) is 11.5 Å². The van der Waals surface area contributed by atoms with Crippen molar-refractivity contribution in [3.05, 3.63) is 23.8 Å². The van der Waals surface area contributed by atoms with Crippen molar-refractivity contribution < 1.29 is 9.47 Å². The zero-order valence-electron chi connectivity index (χ0n) is 12.7. The second kappa shape index (κ2) is 8.81. The topological polar surface area (TPSA) is 30.5 Å². The molecule has 1 N–H and O–H groups in total. The number of nitrogens with one attached hydrogen (secondary N) is 1. The number of benzene rings is 1. The van der Waals surface area contributed by atoms with E-state index in [1.54, 1.807) is 7.11 Å². The summed E-state index contributed by atoms with van der Waals surface area (Å²) in [6.45, 7) is 9.15. The summed E-state index contributed by atoms with van der Waals surface area (Å²) in [5.74, 6) is 2.39. The van der Waals surface area contributed by atoms with Crippen LogP contribution >= 0.6 is 0 Å². The quantitative estimate of drug-likeness (QED) is 0.692. The van der Waals surface area contributed by atoms with E-state index < -0.39 is 0 Å². The first-order valence-corrected chi connectivity index (χ1v) is 7.17. The van der Waals surface area contributed by atoms with Crippen LogP contribution in [0.2, 0.25) is 0 Å². The summed E-state index contributed by atoms with van der Waals surface area (Å²) in [5.41, 5.74) is 1.22. The fraction of sp³-hybridized carbons (Fsp3) is 0.625. The highest BCUT2D eigenvalue weighted by Gasteiger charge is 2.06. The molecule has 0 saturated carbocycles. The Labute approximate surface area is 117 Å². The lowest BCUT2D eigenvalue weighted by molar-refractivity contribution is 0.279. The van der Waals surface area contributed by atoms with Crippen molar-refractivity contribution in [1.82, 2.24) is 5.32 Å². The van der Waals surface area contributed by atoms with Gasteiger partial charge < -0.3 is 14.8 Å². The van der Waals surface area contributed by atoms with E-state index in [2.05, 4.69) is 38.2 Å². The van der Waals surface area contributed by atoms with Gasteiger partial charge in [-0.3, -0.25) is 0 Å². The smallest absolute Gasteiger partial charge is 0.161 e. The fourth-order valence-corrected chi connectivity index (χ4v) is 1.89. The largest absolute Gasteiger partial charge is 0.493 e. The lowest BCUT2D eigenvalue weighted by atomic mass is 10.1.